The predicted octanol–water partition coefficient (Wildman–Crippen LogP) is 1.83. The van der Waals surface area contributed by atoms with Crippen molar-refractivity contribution < 1.29 is 9.53 Å². The van der Waals surface area contributed by atoms with Crippen LogP contribution in [-0.2, 0) is 4.79 Å². The third kappa shape index (κ3) is 3.54. The molecular formula is C13H16N4O2. The van der Waals surface area contributed by atoms with E-state index < -0.39 is 6.10 Å². The van der Waals surface area contributed by atoms with Gasteiger partial charge in [-0.25, -0.2) is 0 Å². The fourth-order valence-electron chi connectivity index (χ4n) is 1.56. The van der Waals surface area contributed by atoms with Crippen molar-refractivity contribution in [3.63, 3.8) is 0 Å². The fraction of sp³-hybridized carbons (Fsp3) is 0.308. The molecule has 2 aromatic rings. The molecular weight excluding hydrogens is 244 g/mol. The fourth-order valence-corrected chi connectivity index (χ4v) is 1.56. The summed E-state index contributed by atoms with van der Waals surface area (Å²) in [4.78, 5) is 15.9. The lowest BCUT2D eigenvalue weighted by Crippen LogP contribution is -2.30. The number of aryl methyl sites for hydroxylation is 2. The topological polar surface area (TPSA) is 79.9 Å². The monoisotopic (exact) mass is 260 g/mol. The van der Waals surface area contributed by atoms with Crippen molar-refractivity contribution in [2.75, 3.05) is 5.32 Å². The Labute approximate surface area is 111 Å². The first-order chi connectivity index (χ1) is 9.04. The maximum absolute atomic E-state index is 11.9. The van der Waals surface area contributed by atoms with Crippen LogP contribution >= 0.6 is 0 Å². The minimum absolute atomic E-state index is 0.252. The highest BCUT2D eigenvalue weighted by Gasteiger charge is 2.16. The van der Waals surface area contributed by atoms with E-state index in [0.717, 1.165) is 5.56 Å². The zero-order valence-corrected chi connectivity index (χ0v) is 11.1. The van der Waals surface area contributed by atoms with Crippen molar-refractivity contribution in [2.24, 2.45) is 0 Å². The van der Waals surface area contributed by atoms with Gasteiger partial charge in [-0.2, -0.15) is 4.98 Å². The minimum Gasteiger partial charge on any atom is -0.481 e. The molecule has 2 N–H and O–H groups in total. The van der Waals surface area contributed by atoms with Crippen LogP contribution in [0.15, 0.2) is 24.3 Å². The normalized spacial score (nSPS) is 11.9. The Kier molecular flexibility index (Phi) is 3.79. The van der Waals surface area contributed by atoms with Gasteiger partial charge in [0, 0.05) is 0 Å². The van der Waals surface area contributed by atoms with Gasteiger partial charge in [0.15, 0.2) is 6.10 Å². The van der Waals surface area contributed by atoms with E-state index in [9.17, 15) is 4.79 Å². The van der Waals surface area contributed by atoms with Crippen LogP contribution in [0, 0.1) is 13.8 Å². The maximum Gasteiger partial charge on any atom is 0.267 e. The largest absolute Gasteiger partial charge is 0.481 e. The lowest BCUT2D eigenvalue weighted by Gasteiger charge is -2.13. The number of benzene rings is 1. The number of aromatic amines is 1. The van der Waals surface area contributed by atoms with E-state index in [1.807, 2.05) is 31.2 Å². The summed E-state index contributed by atoms with van der Waals surface area (Å²) in [6.07, 6.45) is -0.624. The average Bonchev–Trinajstić information content (AvgIpc) is 2.74. The molecule has 0 radical (unpaired) electrons. The number of aromatic nitrogens is 3. The predicted molar refractivity (Wildman–Crippen MR) is 71.0 cm³/mol. The van der Waals surface area contributed by atoms with Crippen molar-refractivity contribution in [3.8, 4) is 5.75 Å². The summed E-state index contributed by atoms with van der Waals surface area (Å²) in [5.74, 6) is 1.26. The lowest BCUT2D eigenvalue weighted by molar-refractivity contribution is -0.122. The molecule has 0 saturated carbocycles. The summed E-state index contributed by atoms with van der Waals surface area (Å²) < 4.78 is 5.56. The molecule has 0 aliphatic carbocycles. The second-order valence-electron chi connectivity index (χ2n) is 4.31. The molecule has 1 aromatic heterocycles. The molecule has 100 valence electrons. The number of H-pyrrole nitrogens is 1. The molecule has 6 heteroatoms. The number of ether oxygens (including phenoxy) is 1. The van der Waals surface area contributed by atoms with Crippen LogP contribution < -0.4 is 10.1 Å². The summed E-state index contributed by atoms with van der Waals surface area (Å²) in [5.41, 5.74) is 1.08. The highest BCUT2D eigenvalue weighted by molar-refractivity contribution is 5.92. The minimum atomic E-state index is -0.624. The Balaban J connectivity index is 1.96. The maximum atomic E-state index is 11.9. The number of rotatable bonds is 4. The van der Waals surface area contributed by atoms with E-state index in [4.69, 9.17) is 4.74 Å². The Hall–Kier alpha value is -2.37. The van der Waals surface area contributed by atoms with E-state index >= 15 is 0 Å². The summed E-state index contributed by atoms with van der Waals surface area (Å²) in [6, 6.07) is 7.54. The summed E-state index contributed by atoms with van der Waals surface area (Å²) in [6.45, 7) is 5.40. The molecule has 2 rings (SSSR count). The van der Waals surface area contributed by atoms with Gasteiger partial charge in [-0.05, 0) is 38.5 Å². The van der Waals surface area contributed by atoms with Gasteiger partial charge < -0.3 is 4.74 Å². The van der Waals surface area contributed by atoms with Crippen molar-refractivity contribution in [1.82, 2.24) is 15.2 Å². The van der Waals surface area contributed by atoms with Crippen LogP contribution in [0.2, 0.25) is 0 Å². The number of nitrogens with one attached hydrogen (secondary N) is 2. The SMILES string of the molecule is Cc1cccc(OC(C)C(=O)Nc2n[nH]c(C)n2)c1. The van der Waals surface area contributed by atoms with E-state index in [1.165, 1.54) is 0 Å². The van der Waals surface area contributed by atoms with Gasteiger partial charge in [0.2, 0.25) is 5.95 Å². The van der Waals surface area contributed by atoms with Gasteiger partial charge in [0.1, 0.15) is 11.6 Å². The molecule has 0 saturated heterocycles. The van der Waals surface area contributed by atoms with E-state index in [-0.39, 0.29) is 11.9 Å². The van der Waals surface area contributed by atoms with Gasteiger partial charge in [0.25, 0.3) is 5.91 Å². The Morgan fingerprint density at radius 2 is 2.21 bits per heavy atom. The number of nitrogens with zero attached hydrogens (tertiary/aromatic N) is 2. The molecule has 1 unspecified atom stereocenters. The van der Waals surface area contributed by atoms with E-state index in [2.05, 4.69) is 20.5 Å². The Morgan fingerprint density at radius 3 is 2.84 bits per heavy atom. The van der Waals surface area contributed by atoms with Crippen molar-refractivity contribution in [1.29, 1.82) is 0 Å². The van der Waals surface area contributed by atoms with Gasteiger partial charge in [-0.1, -0.05) is 12.1 Å². The molecule has 1 amide bonds. The first-order valence-corrected chi connectivity index (χ1v) is 5.98. The number of anilines is 1. The highest BCUT2D eigenvalue weighted by Crippen LogP contribution is 2.14. The van der Waals surface area contributed by atoms with E-state index in [0.29, 0.717) is 11.6 Å². The molecule has 1 heterocycles. The number of carbonyl (C=O) groups is 1. The van der Waals surface area contributed by atoms with Crippen LogP contribution in [0.3, 0.4) is 0 Å². The van der Waals surface area contributed by atoms with Crippen molar-refractivity contribution in [3.05, 3.63) is 35.7 Å². The molecule has 0 bridgehead atoms. The Bertz CT molecular complexity index is 580. The molecule has 0 fully saturated rings. The molecule has 0 aliphatic heterocycles. The first kappa shape index (κ1) is 13.1. The van der Waals surface area contributed by atoms with Crippen LogP contribution in [0.4, 0.5) is 5.95 Å². The van der Waals surface area contributed by atoms with Gasteiger partial charge in [-0.15, -0.1) is 5.10 Å². The number of carbonyl (C=O) groups excluding carboxylic acids is 1. The number of amides is 1. The van der Waals surface area contributed by atoms with Crippen LogP contribution in [0.5, 0.6) is 5.75 Å². The summed E-state index contributed by atoms with van der Waals surface area (Å²) >= 11 is 0. The van der Waals surface area contributed by atoms with Gasteiger partial charge >= 0.3 is 0 Å². The smallest absolute Gasteiger partial charge is 0.267 e. The van der Waals surface area contributed by atoms with Crippen LogP contribution in [0.25, 0.3) is 0 Å². The zero-order chi connectivity index (χ0) is 13.8. The van der Waals surface area contributed by atoms with Crippen LogP contribution in [-0.4, -0.2) is 27.2 Å². The van der Waals surface area contributed by atoms with Gasteiger partial charge in [0.05, 0.1) is 0 Å². The standard InChI is InChI=1S/C13H16N4O2/c1-8-5-4-6-11(7-8)19-9(2)12(18)15-13-14-10(3)16-17-13/h4-7,9H,1-3H3,(H2,14,15,16,17,18). The Morgan fingerprint density at radius 1 is 1.42 bits per heavy atom. The number of hydrogen-bond donors (Lipinski definition) is 2. The quantitative estimate of drug-likeness (QED) is 0.878. The van der Waals surface area contributed by atoms with Crippen LogP contribution in [0.1, 0.15) is 18.3 Å². The molecule has 19 heavy (non-hydrogen) atoms. The molecule has 0 aliphatic rings. The lowest BCUT2D eigenvalue weighted by atomic mass is 10.2. The third-order valence-corrected chi connectivity index (χ3v) is 2.50. The zero-order valence-electron chi connectivity index (χ0n) is 11.1. The molecule has 1 aromatic carbocycles. The molecule has 1 atom stereocenters. The second kappa shape index (κ2) is 5.51. The van der Waals surface area contributed by atoms with Gasteiger partial charge in [-0.3, -0.25) is 15.2 Å². The average molecular weight is 260 g/mol. The summed E-state index contributed by atoms with van der Waals surface area (Å²) in [5, 5.41) is 9.07. The molecule has 0 spiro atoms. The third-order valence-electron chi connectivity index (χ3n) is 2.50. The van der Waals surface area contributed by atoms with Crippen molar-refractivity contribution >= 4 is 11.9 Å². The second-order valence-corrected chi connectivity index (χ2v) is 4.31. The first-order valence-electron chi connectivity index (χ1n) is 5.98. The summed E-state index contributed by atoms with van der Waals surface area (Å²) in [7, 11) is 0. The van der Waals surface area contributed by atoms with E-state index in [1.54, 1.807) is 13.8 Å². The molecule has 6 nitrogen and oxygen atoms in total. The highest BCUT2D eigenvalue weighted by atomic mass is 16.5. The number of hydrogen-bond acceptors (Lipinski definition) is 4. The van der Waals surface area contributed by atoms with Crippen molar-refractivity contribution in [2.45, 2.75) is 26.9 Å².